The number of hydrogen-bond donors (Lipinski definition) is 0. The van der Waals surface area contributed by atoms with Crippen molar-refractivity contribution in [2.75, 3.05) is 0 Å². The first-order chi connectivity index (χ1) is 11.1. The number of allylic oxidation sites excluding steroid dienone is 2. The van der Waals surface area contributed by atoms with Crippen LogP contribution in [0.3, 0.4) is 0 Å². The van der Waals surface area contributed by atoms with Crippen LogP contribution in [0.1, 0.15) is 78.6 Å². The van der Waals surface area contributed by atoms with Crippen LogP contribution in [0, 0.1) is 17.3 Å². The van der Waals surface area contributed by atoms with Crippen molar-refractivity contribution >= 4 is 0 Å². The molecule has 1 aromatic rings. The maximum absolute atomic E-state index is 4.31. The minimum Gasteiger partial charge on any atom is -0.253 e. The molecule has 1 aromatic heterocycles. The Morgan fingerprint density at radius 1 is 1.22 bits per heavy atom. The quantitative estimate of drug-likeness (QED) is 0.436. The van der Waals surface area contributed by atoms with Gasteiger partial charge in [-0.3, -0.25) is 4.68 Å². The maximum atomic E-state index is 4.31. The van der Waals surface area contributed by atoms with Crippen molar-refractivity contribution in [3.63, 3.8) is 0 Å². The summed E-state index contributed by atoms with van der Waals surface area (Å²) in [5, 5.41) is 4.31. The molecule has 1 fully saturated rings. The van der Waals surface area contributed by atoms with Gasteiger partial charge >= 0.3 is 0 Å². The lowest BCUT2D eigenvalue weighted by atomic mass is 9.67. The molecule has 0 aromatic carbocycles. The van der Waals surface area contributed by atoms with Gasteiger partial charge in [0.2, 0.25) is 0 Å². The van der Waals surface area contributed by atoms with Gasteiger partial charge in [0.05, 0.1) is 0 Å². The first-order valence-electron chi connectivity index (χ1n) is 9.60. The third-order valence-electron chi connectivity index (χ3n) is 5.32. The lowest BCUT2D eigenvalue weighted by Gasteiger charge is -2.39. The molecule has 3 nitrogen and oxygen atoms in total. The van der Waals surface area contributed by atoms with Crippen molar-refractivity contribution in [2.45, 2.75) is 85.1 Å². The highest BCUT2D eigenvalue weighted by Gasteiger charge is 2.33. The summed E-state index contributed by atoms with van der Waals surface area (Å²) >= 11 is 0. The van der Waals surface area contributed by atoms with E-state index in [9.17, 15) is 0 Å². The van der Waals surface area contributed by atoms with E-state index in [0.29, 0.717) is 17.3 Å². The second-order valence-corrected chi connectivity index (χ2v) is 8.08. The molecular formula is C20H35N3. The lowest BCUT2D eigenvalue weighted by molar-refractivity contribution is 0.125. The Balaban J connectivity index is 1.82. The van der Waals surface area contributed by atoms with Crippen molar-refractivity contribution in [1.29, 1.82) is 0 Å². The van der Waals surface area contributed by atoms with Crippen LogP contribution in [-0.4, -0.2) is 14.8 Å². The van der Waals surface area contributed by atoms with E-state index < -0.39 is 0 Å². The molecule has 0 amide bonds. The summed E-state index contributed by atoms with van der Waals surface area (Å²) in [5.74, 6) is 1.40. The summed E-state index contributed by atoms with van der Waals surface area (Å²) in [4.78, 5) is 4.09. The summed E-state index contributed by atoms with van der Waals surface area (Å²) in [5.41, 5.74) is 0.468. The monoisotopic (exact) mass is 317 g/mol. The van der Waals surface area contributed by atoms with Crippen molar-refractivity contribution in [2.24, 2.45) is 17.3 Å². The highest BCUT2D eigenvalue weighted by atomic mass is 15.3. The molecule has 2 atom stereocenters. The van der Waals surface area contributed by atoms with Crippen LogP contribution in [-0.2, 0) is 6.54 Å². The van der Waals surface area contributed by atoms with Gasteiger partial charge in [-0.15, -0.1) is 0 Å². The zero-order chi connectivity index (χ0) is 16.5. The highest BCUT2D eigenvalue weighted by Crippen LogP contribution is 2.43. The molecule has 23 heavy (non-hydrogen) atoms. The Hall–Kier alpha value is -1.12. The van der Waals surface area contributed by atoms with E-state index in [1.165, 1.54) is 57.8 Å². The molecular weight excluding hydrogens is 282 g/mol. The average molecular weight is 318 g/mol. The molecule has 0 saturated heterocycles. The zero-order valence-corrected chi connectivity index (χ0v) is 15.4. The van der Waals surface area contributed by atoms with E-state index in [0.717, 1.165) is 6.54 Å². The molecule has 0 N–H and O–H groups in total. The van der Waals surface area contributed by atoms with Gasteiger partial charge in [0, 0.05) is 6.54 Å². The van der Waals surface area contributed by atoms with E-state index in [1.54, 1.807) is 6.33 Å². The fraction of sp³-hybridized carbons (Fsp3) is 0.800. The van der Waals surface area contributed by atoms with Gasteiger partial charge in [-0.1, -0.05) is 58.6 Å². The number of rotatable bonds is 9. The first kappa shape index (κ1) is 18.2. The van der Waals surface area contributed by atoms with Crippen LogP contribution in [0.25, 0.3) is 0 Å². The number of aromatic nitrogens is 3. The molecule has 0 radical (unpaired) electrons. The SMILES string of the molecule is CCCCCCCC=C[C@@H]1CCC(C)(C)C[C@H]1Cn1cncn1. The average Bonchev–Trinajstić information content (AvgIpc) is 3.01. The highest BCUT2D eigenvalue weighted by molar-refractivity contribution is 4.96. The second-order valence-electron chi connectivity index (χ2n) is 8.08. The van der Waals surface area contributed by atoms with Crippen LogP contribution in [0.5, 0.6) is 0 Å². The molecule has 3 heteroatoms. The van der Waals surface area contributed by atoms with E-state index in [1.807, 2.05) is 11.0 Å². The molecule has 2 rings (SSSR count). The Labute approximate surface area is 142 Å². The Morgan fingerprint density at radius 2 is 2.04 bits per heavy atom. The van der Waals surface area contributed by atoms with Gasteiger partial charge in [0.15, 0.2) is 0 Å². The standard InChI is InChI=1S/C20H35N3/c1-4-5-6-7-8-9-10-11-18-12-13-20(2,3)14-19(18)15-23-17-21-16-22-23/h10-11,16-19H,4-9,12-15H2,1-3H3/t18-,19+/m1/s1. The van der Waals surface area contributed by atoms with Gasteiger partial charge in [-0.05, 0) is 49.4 Å². The number of nitrogens with zero attached hydrogens (tertiary/aromatic N) is 3. The van der Waals surface area contributed by atoms with Crippen LogP contribution in [0.4, 0.5) is 0 Å². The van der Waals surface area contributed by atoms with Gasteiger partial charge in [0.25, 0.3) is 0 Å². The van der Waals surface area contributed by atoms with Gasteiger partial charge in [0.1, 0.15) is 12.7 Å². The van der Waals surface area contributed by atoms with Crippen molar-refractivity contribution in [3.05, 3.63) is 24.8 Å². The third-order valence-corrected chi connectivity index (χ3v) is 5.32. The van der Waals surface area contributed by atoms with Crippen LogP contribution in [0.15, 0.2) is 24.8 Å². The van der Waals surface area contributed by atoms with Gasteiger partial charge in [-0.25, -0.2) is 4.98 Å². The predicted molar refractivity (Wildman–Crippen MR) is 97.2 cm³/mol. The summed E-state index contributed by atoms with van der Waals surface area (Å²) in [6.07, 6.45) is 20.5. The van der Waals surface area contributed by atoms with E-state index in [-0.39, 0.29) is 0 Å². The number of hydrogen-bond acceptors (Lipinski definition) is 2. The van der Waals surface area contributed by atoms with E-state index in [4.69, 9.17) is 0 Å². The Kier molecular flexibility index (Phi) is 7.32. The van der Waals surface area contributed by atoms with Crippen LogP contribution in [0.2, 0.25) is 0 Å². The zero-order valence-electron chi connectivity index (χ0n) is 15.4. The fourth-order valence-electron chi connectivity index (χ4n) is 3.91. The first-order valence-corrected chi connectivity index (χ1v) is 9.60. The summed E-state index contributed by atoms with van der Waals surface area (Å²) in [6.45, 7) is 8.11. The lowest BCUT2D eigenvalue weighted by Crippen LogP contribution is -2.31. The number of unbranched alkanes of at least 4 members (excludes halogenated alkanes) is 5. The summed E-state index contributed by atoms with van der Waals surface area (Å²) < 4.78 is 2.01. The molecule has 0 bridgehead atoms. The minimum absolute atomic E-state index is 0.468. The molecule has 1 aliphatic carbocycles. The van der Waals surface area contributed by atoms with Crippen molar-refractivity contribution < 1.29 is 0 Å². The van der Waals surface area contributed by atoms with E-state index in [2.05, 4.69) is 43.0 Å². The Bertz CT molecular complexity index is 447. The molecule has 0 aliphatic heterocycles. The predicted octanol–water partition coefficient (Wildman–Crippen LogP) is 5.64. The summed E-state index contributed by atoms with van der Waals surface area (Å²) in [6, 6.07) is 0. The Morgan fingerprint density at radius 3 is 2.78 bits per heavy atom. The van der Waals surface area contributed by atoms with Gasteiger partial charge in [-0.2, -0.15) is 5.10 Å². The normalized spacial score (nSPS) is 24.3. The van der Waals surface area contributed by atoms with Crippen molar-refractivity contribution in [3.8, 4) is 0 Å². The molecule has 1 aliphatic rings. The largest absolute Gasteiger partial charge is 0.253 e. The molecule has 1 saturated carbocycles. The molecule has 0 unspecified atom stereocenters. The van der Waals surface area contributed by atoms with Gasteiger partial charge < -0.3 is 0 Å². The summed E-state index contributed by atoms with van der Waals surface area (Å²) in [7, 11) is 0. The molecule has 130 valence electrons. The topological polar surface area (TPSA) is 30.7 Å². The smallest absolute Gasteiger partial charge is 0.137 e. The fourth-order valence-corrected chi connectivity index (χ4v) is 3.91. The van der Waals surface area contributed by atoms with E-state index >= 15 is 0 Å². The molecule has 1 heterocycles. The van der Waals surface area contributed by atoms with Crippen LogP contribution >= 0.6 is 0 Å². The molecule has 0 spiro atoms. The minimum atomic E-state index is 0.468. The van der Waals surface area contributed by atoms with Crippen molar-refractivity contribution in [1.82, 2.24) is 14.8 Å². The van der Waals surface area contributed by atoms with Crippen LogP contribution < -0.4 is 0 Å². The maximum Gasteiger partial charge on any atom is 0.137 e. The second kappa shape index (κ2) is 9.24. The third kappa shape index (κ3) is 6.48.